The Bertz CT molecular complexity index is 435. The molecular weight excluding hydrogens is 378 g/mol. The summed E-state index contributed by atoms with van der Waals surface area (Å²) in [5.74, 6) is -1.46. The van der Waals surface area contributed by atoms with Crippen LogP contribution in [-0.2, 0) is 9.53 Å². The molecule has 0 spiro atoms. The highest BCUT2D eigenvalue weighted by atomic mass is 79.9. The largest absolute Gasteiger partial charge is 0.479 e. The van der Waals surface area contributed by atoms with E-state index in [9.17, 15) is 9.59 Å². The van der Waals surface area contributed by atoms with Crippen LogP contribution in [0.25, 0.3) is 0 Å². The van der Waals surface area contributed by atoms with E-state index >= 15 is 0 Å². The van der Waals surface area contributed by atoms with Crippen LogP contribution in [0.4, 0.5) is 0 Å². The fourth-order valence-electron chi connectivity index (χ4n) is 1.05. The predicted molar refractivity (Wildman–Crippen MR) is 70.5 cm³/mol. The molecule has 1 unspecified atom stereocenters. The highest BCUT2D eigenvalue weighted by Crippen LogP contribution is 2.31. The van der Waals surface area contributed by atoms with Gasteiger partial charge in [-0.15, -0.1) is 11.3 Å². The lowest BCUT2D eigenvalue weighted by Gasteiger charge is -2.11. The van der Waals surface area contributed by atoms with Crippen LogP contribution in [-0.4, -0.2) is 36.7 Å². The zero-order valence-electron chi connectivity index (χ0n) is 8.70. The molecule has 0 saturated heterocycles. The number of carboxylic acids is 1. The summed E-state index contributed by atoms with van der Waals surface area (Å²) in [6.07, 6.45) is -1.04. The molecule has 1 amide bonds. The maximum absolute atomic E-state index is 11.7. The van der Waals surface area contributed by atoms with Gasteiger partial charge < -0.3 is 15.2 Å². The number of aliphatic carboxylic acids is 1. The first-order valence-electron chi connectivity index (χ1n) is 4.44. The Kier molecular flexibility index (Phi) is 5.57. The fraction of sp³-hybridized carbons (Fsp3) is 0.333. The number of rotatable bonds is 5. The highest BCUT2D eigenvalue weighted by molar-refractivity contribution is 9.12. The van der Waals surface area contributed by atoms with Crippen molar-refractivity contribution in [2.24, 2.45) is 0 Å². The van der Waals surface area contributed by atoms with E-state index in [1.807, 2.05) is 0 Å². The van der Waals surface area contributed by atoms with Gasteiger partial charge in [0.25, 0.3) is 5.91 Å². The molecule has 5 nitrogen and oxygen atoms in total. The van der Waals surface area contributed by atoms with Gasteiger partial charge in [-0.1, -0.05) is 0 Å². The number of carbonyl (C=O) groups excluding carboxylic acids is 1. The second-order valence-corrected chi connectivity index (χ2v) is 6.76. The van der Waals surface area contributed by atoms with E-state index in [1.165, 1.54) is 18.4 Å². The van der Waals surface area contributed by atoms with Gasteiger partial charge in [-0.25, -0.2) is 4.79 Å². The lowest BCUT2D eigenvalue weighted by molar-refractivity contribution is -0.147. The number of hydrogen-bond donors (Lipinski definition) is 2. The van der Waals surface area contributed by atoms with Crippen LogP contribution in [0.3, 0.4) is 0 Å². The molecule has 0 bridgehead atoms. The van der Waals surface area contributed by atoms with Gasteiger partial charge in [0.05, 0.1) is 19.7 Å². The normalized spacial score (nSPS) is 12.2. The molecule has 0 fully saturated rings. The molecule has 1 aromatic heterocycles. The molecule has 17 heavy (non-hydrogen) atoms. The molecule has 0 aliphatic carbocycles. The summed E-state index contributed by atoms with van der Waals surface area (Å²) in [5, 5.41) is 11.2. The van der Waals surface area contributed by atoms with Crippen molar-refractivity contribution < 1.29 is 19.4 Å². The third-order valence-corrected chi connectivity index (χ3v) is 4.25. The quantitative estimate of drug-likeness (QED) is 0.812. The van der Waals surface area contributed by atoms with Crippen molar-refractivity contribution >= 4 is 55.1 Å². The second-order valence-electron chi connectivity index (χ2n) is 3.01. The third kappa shape index (κ3) is 4.06. The molecule has 0 radical (unpaired) electrons. The zero-order chi connectivity index (χ0) is 13.0. The van der Waals surface area contributed by atoms with Crippen LogP contribution in [0.2, 0.25) is 0 Å². The summed E-state index contributed by atoms with van der Waals surface area (Å²) >= 11 is 7.88. The molecule has 8 heteroatoms. The van der Waals surface area contributed by atoms with Gasteiger partial charge in [0.1, 0.15) is 0 Å². The van der Waals surface area contributed by atoms with Crippen molar-refractivity contribution in [2.75, 3.05) is 13.7 Å². The summed E-state index contributed by atoms with van der Waals surface area (Å²) < 4.78 is 6.20. The van der Waals surface area contributed by atoms with E-state index in [-0.39, 0.29) is 12.5 Å². The van der Waals surface area contributed by atoms with E-state index in [4.69, 9.17) is 9.84 Å². The average molecular weight is 387 g/mol. The summed E-state index contributed by atoms with van der Waals surface area (Å²) in [6.45, 7) is -0.0788. The van der Waals surface area contributed by atoms with E-state index in [1.54, 1.807) is 6.07 Å². The minimum Gasteiger partial charge on any atom is -0.479 e. The number of amides is 1. The van der Waals surface area contributed by atoms with Gasteiger partial charge in [-0.2, -0.15) is 0 Å². The maximum Gasteiger partial charge on any atom is 0.334 e. The summed E-state index contributed by atoms with van der Waals surface area (Å²) in [7, 11) is 1.28. The molecule has 0 aliphatic heterocycles. The average Bonchev–Trinajstić information content (AvgIpc) is 2.58. The molecule has 0 aliphatic rings. The maximum atomic E-state index is 11.7. The smallest absolute Gasteiger partial charge is 0.334 e. The van der Waals surface area contributed by atoms with Gasteiger partial charge >= 0.3 is 5.97 Å². The summed E-state index contributed by atoms with van der Waals surface area (Å²) in [5.41, 5.74) is 0.460. The van der Waals surface area contributed by atoms with Crippen LogP contribution >= 0.6 is 43.2 Å². The predicted octanol–water partition coefficient (Wildman–Crippen LogP) is 2.10. The Hall–Kier alpha value is -0.440. The molecule has 1 rings (SSSR count). The molecule has 1 aromatic rings. The van der Waals surface area contributed by atoms with Crippen LogP contribution < -0.4 is 5.32 Å². The molecular formula is C9H9Br2NO4S. The van der Waals surface area contributed by atoms with Crippen LogP contribution in [0.5, 0.6) is 0 Å². The first-order valence-corrected chi connectivity index (χ1v) is 6.84. The Labute approximate surface area is 118 Å². The van der Waals surface area contributed by atoms with Crippen molar-refractivity contribution in [2.45, 2.75) is 6.10 Å². The number of carboxylic acid groups (broad SMARTS) is 1. The van der Waals surface area contributed by atoms with Crippen molar-refractivity contribution in [3.8, 4) is 0 Å². The number of nitrogens with one attached hydrogen (secondary N) is 1. The van der Waals surface area contributed by atoms with Crippen molar-refractivity contribution in [3.63, 3.8) is 0 Å². The van der Waals surface area contributed by atoms with Gasteiger partial charge in [0.15, 0.2) is 6.10 Å². The van der Waals surface area contributed by atoms with E-state index in [0.29, 0.717) is 9.35 Å². The molecule has 1 heterocycles. The van der Waals surface area contributed by atoms with Crippen LogP contribution in [0.15, 0.2) is 13.6 Å². The minimum atomic E-state index is -1.11. The van der Waals surface area contributed by atoms with Crippen molar-refractivity contribution in [1.29, 1.82) is 0 Å². The number of carbonyl (C=O) groups is 2. The third-order valence-electron chi connectivity index (χ3n) is 1.91. The highest BCUT2D eigenvalue weighted by Gasteiger charge is 2.19. The fourth-order valence-corrected chi connectivity index (χ4v) is 3.84. The topological polar surface area (TPSA) is 75.6 Å². The van der Waals surface area contributed by atoms with Gasteiger partial charge in [0.2, 0.25) is 0 Å². The first kappa shape index (κ1) is 14.6. The lowest BCUT2D eigenvalue weighted by Crippen LogP contribution is -2.37. The number of hydrogen-bond acceptors (Lipinski definition) is 4. The summed E-state index contributed by atoms with van der Waals surface area (Å²) in [6, 6.07) is 1.66. The van der Waals surface area contributed by atoms with Crippen LogP contribution in [0, 0.1) is 0 Å². The molecule has 2 N–H and O–H groups in total. The Balaban J connectivity index is 2.61. The monoisotopic (exact) mass is 385 g/mol. The number of halogens is 2. The van der Waals surface area contributed by atoms with Gasteiger partial charge in [0, 0.05) is 7.11 Å². The molecule has 0 saturated carbocycles. The number of methoxy groups -OCH3 is 1. The Morgan fingerprint density at radius 2 is 2.24 bits per heavy atom. The minimum absolute atomic E-state index is 0.0788. The van der Waals surface area contributed by atoms with Crippen molar-refractivity contribution in [3.05, 3.63) is 19.2 Å². The first-order chi connectivity index (χ1) is 7.95. The second kappa shape index (κ2) is 6.48. The van der Waals surface area contributed by atoms with Crippen LogP contribution in [0.1, 0.15) is 10.4 Å². The van der Waals surface area contributed by atoms with Crippen molar-refractivity contribution in [1.82, 2.24) is 5.32 Å². The van der Waals surface area contributed by atoms with E-state index in [0.717, 1.165) is 3.79 Å². The summed E-state index contributed by atoms with van der Waals surface area (Å²) in [4.78, 5) is 22.4. The van der Waals surface area contributed by atoms with E-state index in [2.05, 4.69) is 37.2 Å². The molecule has 1 atom stereocenters. The molecule has 0 aromatic carbocycles. The number of thiophene rings is 1. The van der Waals surface area contributed by atoms with Gasteiger partial charge in [-0.3, -0.25) is 4.79 Å². The SMILES string of the molecule is COC(CNC(=O)c1cc(Br)sc1Br)C(=O)O. The Morgan fingerprint density at radius 1 is 1.59 bits per heavy atom. The lowest BCUT2D eigenvalue weighted by atomic mass is 10.3. The number of ether oxygens (including phenoxy) is 1. The van der Waals surface area contributed by atoms with Gasteiger partial charge in [-0.05, 0) is 37.9 Å². The zero-order valence-corrected chi connectivity index (χ0v) is 12.7. The van der Waals surface area contributed by atoms with E-state index < -0.39 is 12.1 Å². The Morgan fingerprint density at radius 3 is 2.65 bits per heavy atom. The molecule has 94 valence electrons. The standard InChI is InChI=1S/C9H9Br2NO4S/c1-16-5(9(14)15)3-12-8(13)4-2-6(10)17-7(4)11/h2,5H,3H2,1H3,(H,12,13)(H,14,15).